The third-order valence-electron chi connectivity index (χ3n) is 3.95. The molecule has 86 valence electrons. The molecule has 0 aromatic heterocycles. The Labute approximate surface area is 98.6 Å². The minimum Gasteiger partial charge on any atom is -0.198 e. The summed E-state index contributed by atoms with van der Waals surface area (Å²) in [6.07, 6.45) is 8.01. The van der Waals surface area contributed by atoms with Gasteiger partial charge in [0.1, 0.15) is 0 Å². The molecule has 1 saturated carbocycles. The fraction of sp³-hybridized carbons (Fsp3) is 0.923. The smallest absolute Gasteiger partial charge is 0.0690 e. The molecule has 0 heterocycles. The van der Waals surface area contributed by atoms with Crippen LogP contribution in [0.5, 0.6) is 0 Å². The van der Waals surface area contributed by atoms with Crippen LogP contribution in [-0.2, 0) is 0 Å². The molecule has 0 amide bonds. The maximum absolute atomic E-state index is 9.33. The maximum atomic E-state index is 9.33. The fourth-order valence-electron chi connectivity index (χ4n) is 2.57. The number of nitrogens with zero attached hydrogens (tertiary/aromatic N) is 1. The zero-order chi connectivity index (χ0) is 11.3. The third-order valence-corrected chi connectivity index (χ3v) is 4.56. The summed E-state index contributed by atoms with van der Waals surface area (Å²) in [6.45, 7) is 4.62. The van der Waals surface area contributed by atoms with Crippen LogP contribution in [0.2, 0.25) is 0 Å². The van der Waals surface area contributed by atoms with E-state index in [1.165, 1.54) is 12.8 Å². The number of hydrogen-bond donors (Lipinski definition) is 0. The van der Waals surface area contributed by atoms with Gasteiger partial charge in [0.15, 0.2) is 0 Å². The minimum atomic E-state index is 0.0222. The normalized spacial score (nSPS) is 31.5. The van der Waals surface area contributed by atoms with Crippen molar-refractivity contribution in [3.05, 3.63) is 0 Å². The van der Waals surface area contributed by atoms with E-state index in [9.17, 15) is 5.26 Å². The lowest BCUT2D eigenvalue weighted by Gasteiger charge is -2.36. The Morgan fingerprint density at radius 1 is 1.40 bits per heavy atom. The van der Waals surface area contributed by atoms with Gasteiger partial charge in [0.05, 0.1) is 11.5 Å². The number of rotatable bonds is 4. The summed E-state index contributed by atoms with van der Waals surface area (Å²) < 4.78 is 0. The Morgan fingerprint density at radius 2 is 2.00 bits per heavy atom. The molecule has 0 aromatic carbocycles. The van der Waals surface area contributed by atoms with Gasteiger partial charge in [-0.25, -0.2) is 0 Å². The molecule has 0 N–H and O–H groups in total. The largest absolute Gasteiger partial charge is 0.198 e. The Kier molecular flexibility index (Phi) is 4.99. The highest BCUT2D eigenvalue weighted by atomic mass is 32.2. The van der Waals surface area contributed by atoms with Crippen molar-refractivity contribution in [2.24, 2.45) is 17.3 Å². The van der Waals surface area contributed by atoms with E-state index < -0.39 is 0 Å². The highest BCUT2D eigenvalue weighted by Crippen LogP contribution is 2.43. The first-order valence-electron chi connectivity index (χ1n) is 6.04. The van der Waals surface area contributed by atoms with Crippen LogP contribution in [0.25, 0.3) is 0 Å². The second-order valence-corrected chi connectivity index (χ2v) is 6.20. The average Bonchev–Trinajstić information content (AvgIpc) is 2.27. The van der Waals surface area contributed by atoms with E-state index in [4.69, 9.17) is 0 Å². The first-order chi connectivity index (χ1) is 7.13. The zero-order valence-electron chi connectivity index (χ0n) is 10.3. The van der Waals surface area contributed by atoms with Gasteiger partial charge in [0.2, 0.25) is 0 Å². The van der Waals surface area contributed by atoms with E-state index in [1.807, 2.05) is 11.8 Å². The van der Waals surface area contributed by atoms with Crippen LogP contribution >= 0.6 is 11.8 Å². The SMILES string of the molecule is CSCCC1(C#N)CCC(C(C)C)CC1. The number of nitriles is 1. The van der Waals surface area contributed by atoms with Crippen LogP contribution in [0.4, 0.5) is 0 Å². The van der Waals surface area contributed by atoms with E-state index >= 15 is 0 Å². The predicted octanol–water partition coefficient (Wildman–Crippen LogP) is 4.10. The first-order valence-corrected chi connectivity index (χ1v) is 7.43. The number of thioether (sulfide) groups is 1. The van der Waals surface area contributed by atoms with Gasteiger partial charge in [0, 0.05) is 0 Å². The molecular formula is C13H23NS. The second-order valence-electron chi connectivity index (χ2n) is 5.22. The van der Waals surface area contributed by atoms with Gasteiger partial charge in [-0.3, -0.25) is 0 Å². The van der Waals surface area contributed by atoms with Crippen LogP contribution in [0.1, 0.15) is 46.0 Å². The molecule has 1 rings (SSSR count). The summed E-state index contributed by atoms with van der Waals surface area (Å²) in [7, 11) is 0. The highest BCUT2D eigenvalue weighted by molar-refractivity contribution is 7.98. The Hall–Kier alpha value is -0.160. The molecule has 1 aliphatic carbocycles. The van der Waals surface area contributed by atoms with Crippen molar-refractivity contribution in [2.75, 3.05) is 12.0 Å². The molecule has 1 aliphatic rings. The molecule has 1 nitrogen and oxygen atoms in total. The Balaban J connectivity index is 2.48. The zero-order valence-corrected chi connectivity index (χ0v) is 11.1. The van der Waals surface area contributed by atoms with Crippen LogP contribution in [0.3, 0.4) is 0 Å². The molecule has 15 heavy (non-hydrogen) atoms. The molecule has 0 atom stereocenters. The summed E-state index contributed by atoms with van der Waals surface area (Å²) in [4.78, 5) is 0. The molecule has 0 aliphatic heterocycles. The van der Waals surface area contributed by atoms with Crippen molar-refractivity contribution in [3.8, 4) is 6.07 Å². The van der Waals surface area contributed by atoms with E-state index in [2.05, 4.69) is 26.2 Å². The molecule has 0 aromatic rings. The van der Waals surface area contributed by atoms with E-state index in [0.29, 0.717) is 0 Å². The van der Waals surface area contributed by atoms with Crippen molar-refractivity contribution in [3.63, 3.8) is 0 Å². The van der Waals surface area contributed by atoms with E-state index in [0.717, 1.165) is 36.9 Å². The van der Waals surface area contributed by atoms with Gasteiger partial charge in [-0.15, -0.1) is 0 Å². The quantitative estimate of drug-likeness (QED) is 0.719. The first kappa shape index (κ1) is 12.9. The predicted molar refractivity (Wildman–Crippen MR) is 67.8 cm³/mol. The Bertz CT molecular complexity index is 221. The van der Waals surface area contributed by atoms with Crippen LogP contribution in [0, 0.1) is 28.6 Å². The summed E-state index contributed by atoms with van der Waals surface area (Å²) in [6, 6.07) is 2.60. The maximum Gasteiger partial charge on any atom is 0.0690 e. The summed E-state index contributed by atoms with van der Waals surface area (Å²) in [5.74, 6) is 2.79. The van der Waals surface area contributed by atoms with Gasteiger partial charge in [0.25, 0.3) is 0 Å². The highest BCUT2D eigenvalue weighted by Gasteiger charge is 2.35. The molecule has 0 unspecified atom stereocenters. The van der Waals surface area contributed by atoms with E-state index in [1.54, 1.807) is 0 Å². The van der Waals surface area contributed by atoms with Crippen molar-refractivity contribution in [2.45, 2.75) is 46.0 Å². The summed E-state index contributed by atoms with van der Waals surface area (Å²) in [5, 5.41) is 9.33. The number of hydrogen-bond acceptors (Lipinski definition) is 2. The topological polar surface area (TPSA) is 23.8 Å². The van der Waals surface area contributed by atoms with Gasteiger partial charge in [-0.05, 0) is 55.9 Å². The van der Waals surface area contributed by atoms with Crippen LogP contribution in [-0.4, -0.2) is 12.0 Å². The third kappa shape index (κ3) is 3.41. The molecule has 1 fully saturated rings. The van der Waals surface area contributed by atoms with E-state index in [-0.39, 0.29) is 5.41 Å². The molecule has 0 spiro atoms. The molecule has 2 heteroatoms. The van der Waals surface area contributed by atoms with Crippen molar-refractivity contribution < 1.29 is 0 Å². The van der Waals surface area contributed by atoms with Gasteiger partial charge in [-0.1, -0.05) is 13.8 Å². The minimum absolute atomic E-state index is 0.0222. The van der Waals surface area contributed by atoms with Crippen LogP contribution < -0.4 is 0 Å². The lowest BCUT2D eigenvalue weighted by molar-refractivity contribution is 0.172. The molecular weight excluding hydrogens is 202 g/mol. The standard InChI is InChI=1S/C13H23NS/c1-11(2)12-4-6-13(10-14,7-5-12)8-9-15-3/h11-12H,4-9H2,1-3H3. The lowest BCUT2D eigenvalue weighted by atomic mass is 9.67. The van der Waals surface area contributed by atoms with Gasteiger partial charge < -0.3 is 0 Å². The summed E-state index contributed by atoms with van der Waals surface area (Å²) >= 11 is 1.87. The summed E-state index contributed by atoms with van der Waals surface area (Å²) in [5.41, 5.74) is 0.0222. The van der Waals surface area contributed by atoms with Crippen molar-refractivity contribution >= 4 is 11.8 Å². The van der Waals surface area contributed by atoms with Crippen LogP contribution in [0.15, 0.2) is 0 Å². The molecule has 0 saturated heterocycles. The van der Waals surface area contributed by atoms with Gasteiger partial charge in [-0.2, -0.15) is 17.0 Å². The monoisotopic (exact) mass is 225 g/mol. The molecule has 0 bridgehead atoms. The fourth-order valence-corrected chi connectivity index (χ4v) is 3.17. The van der Waals surface area contributed by atoms with Crippen molar-refractivity contribution in [1.82, 2.24) is 0 Å². The average molecular weight is 225 g/mol. The lowest BCUT2D eigenvalue weighted by Crippen LogP contribution is -2.28. The molecule has 0 radical (unpaired) electrons. The second kappa shape index (κ2) is 5.80. The van der Waals surface area contributed by atoms with Gasteiger partial charge >= 0.3 is 0 Å². The Morgan fingerprint density at radius 3 is 2.40 bits per heavy atom. The van der Waals surface area contributed by atoms with Crippen molar-refractivity contribution in [1.29, 1.82) is 5.26 Å².